The third-order valence-electron chi connectivity index (χ3n) is 2.24. The Kier molecular flexibility index (Phi) is 4.18. The summed E-state index contributed by atoms with van der Waals surface area (Å²) >= 11 is 0. The lowest BCUT2D eigenvalue weighted by Gasteiger charge is -2.11. The zero-order valence-electron chi connectivity index (χ0n) is 9.25. The van der Waals surface area contributed by atoms with Crippen molar-refractivity contribution in [2.75, 3.05) is 20.8 Å². The van der Waals surface area contributed by atoms with E-state index in [0.29, 0.717) is 6.54 Å². The van der Waals surface area contributed by atoms with Crippen molar-refractivity contribution in [2.45, 2.75) is 6.42 Å². The molecule has 0 bridgehead atoms. The average molecular weight is 207 g/mol. The number of benzene rings is 1. The van der Waals surface area contributed by atoms with Gasteiger partial charge in [0.05, 0.1) is 14.2 Å². The van der Waals surface area contributed by atoms with E-state index >= 15 is 0 Å². The largest absolute Gasteiger partial charge is 0.497 e. The van der Waals surface area contributed by atoms with Crippen LogP contribution in [-0.2, 0) is 0 Å². The van der Waals surface area contributed by atoms with Gasteiger partial charge in [-0.1, -0.05) is 6.58 Å². The van der Waals surface area contributed by atoms with Gasteiger partial charge in [0.1, 0.15) is 11.5 Å². The van der Waals surface area contributed by atoms with Crippen molar-refractivity contribution < 1.29 is 9.47 Å². The smallest absolute Gasteiger partial charge is 0.130 e. The van der Waals surface area contributed by atoms with Crippen molar-refractivity contribution in [1.29, 1.82) is 0 Å². The van der Waals surface area contributed by atoms with E-state index in [1.165, 1.54) is 0 Å². The van der Waals surface area contributed by atoms with Crippen LogP contribution in [0.15, 0.2) is 24.8 Å². The van der Waals surface area contributed by atoms with E-state index in [2.05, 4.69) is 6.58 Å². The molecule has 0 aliphatic heterocycles. The van der Waals surface area contributed by atoms with Crippen molar-refractivity contribution in [3.05, 3.63) is 30.3 Å². The van der Waals surface area contributed by atoms with Gasteiger partial charge >= 0.3 is 0 Å². The highest BCUT2D eigenvalue weighted by molar-refractivity contribution is 5.69. The van der Waals surface area contributed by atoms with E-state index in [0.717, 1.165) is 29.1 Å². The monoisotopic (exact) mass is 207 g/mol. The molecule has 0 radical (unpaired) electrons. The Labute approximate surface area is 90.5 Å². The van der Waals surface area contributed by atoms with E-state index in [1.54, 1.807) is 14.2 Å². The van der Waals surface area contributed by atoms with Crippen LogP contribution in [0.5, 0.6) is 11.5 Å². The Morgan fingerprint density at radius 2 is 2.07 bits per heavy atom. The second kappa shape index (κ2) is 5.41. The molecular weight excluding hydrogens is 190 g/mol. The molecule has 15 heavy (non-hydrogen) atoms. The molecule has 1 aromatic carbocycles. The summed E-state index contributed by atoms with van der Waals surface area (Å²) in [6.07, 6.45) is 0.767. The van der Waals surface area contributed by atoms with E-state index in [9.17, 15) is 0 Å². The first-order chi connectivity index (χ1) is 7.22. The maximum atomic E-state index is 5.49. The van der Waals surface area contributed by atoms with E-state index < -0.39 is 0 Å². The van der Waals surface area contributed by atoms with Crippen LogP contribution in [0.2, 0.25) is 0 Å². The second-order valence-corrected chi connectivity index (χ2v) is 3.21. The predicted molar refractivity (Wildman–Crippen MR) is 62.3 cm³/mol. The Morgan fingerprint density at radius 3 is 2.60 bits per heavy atom. The second-order valence-electron chi connectivity index (χ2n) is 3.21. The molecule has 0 aliphatic rings. The lowest BCUT2D eigenvalue weighted by molar-refractivity contribution is 0.393. The maximum absolute atomic E-state index is 5.49. The van der Waals surface area contributed by atoms with E-state index in [4.69, 9.17) is 15.2 Å². The topological polar surface area (TPSA) is 44.5 Å². The molecule has 0 fully saturated rings. The summed E-state index contributed by atoms with van der Waals surface area (Å²) in [5, 5.41) is 0. The Bertz CT molecular complexity index is 347. The summed E-state index contributed by atoms with van der Waals surface area (Å²) in [5.41, 5.74) is 7.46. The first kappa shape index (κ1) is 11.6. The molecule has 0 atom stereocenters. The zero-order valence-corrected chi connectivity index (χ0v) is 9.25. The molecular formula is C12H17NO2. The fourth-order valence-corrected chi connectivity index (χ4v) is 1.40. The number of hydrogen-bond donors (Lipinski definition) is 1. The minimum Gasteiger partial charge on any atom is -0.497 e. The summed E-state index contributed by atoms with van der Waals surface area (Å²) in [6, 6.07) is 5.67. The van der Waals surface area contributed by atoms with Crippen molar-refractivity contribution in [2.24, 2.45) is 5.73 Å². The van der Waals surface area contributed by atoms with Crippen LogP contribution in [0.3, 0.4) is 0 Å². The van der Waals surface area contributed by atoms with Crippen molar-refractivity contribution >= 4 is 5.57 Å². The van der Waals surface area contributed by atoms with Crippen LogP contribution in [0.4, 0.5) is 0 Å². The molecule has 1 aromatic rings. The third kappa shape index (κ3) is 2.73. The van der Waals surface area contributed by atoms with Gasteiger partial charge in [-0.05, 0) is 30.7 Å². The highest BCUT2D eigenvalue weighted by Crippen LogP contribution is 2.30. The van der Waals surface area contributed by atoms with E-state index in [1.807, 2.05) is 18.2 Å². The van der Waals surface area contributed by atoms with Crippen LogP contribution >= 0.6 is 0 Å². The number of methoxy groups -OCH3 is 2. The lowest BCUT2D eigenvalue weighted by atomic mass is 10.0. The van der Waals surface area contributed by atoms with Gasteiger partial charge in [-0.3, -0.25) is 0 Å². The molecule has 0 saturated heterocycles. The van der Waals surface area contributed by atoms with Gasteiger partial charge in [0.2, 0.25) is 0 Å². The van der Waals surface area contributed by atoms with Gasteiger partial charge in [-0.25, -0.2) is 0 Å². The van der Waals surface area contributed by atoms with Gasteiger partial charge in [0, 0.05) is 11.6 Å². The first-order valence-corrected chi connectivity index (χ1v) is 4.83. The molecule has 0 spiro atoms. The fraction of sp³-hybridized carbons (Fsp3) is 0.333. The fourth-order valence-electron chi connectivity index (χ4n) is 1.40. The van der Waals surface area contributed by atoms with Crippen molar-refractivity contribution in [3.8, 4) is 11.5 Å². The standard InChI is InChI=1S/C12H17NO2/c1-9(6-7-13)11-5-4-10(14-2)8-12(11)15-3/h4-5,8H,1,6-7,13H2,2-3H3. The van der Waals surface area contributed by atoms with E-state index in [-0.39, 0.29) is 0 Å². The quantitative estimate of drug-likeness (QED) is 0.803. The maximum Gasteiger partial charge on any atom is 0.130 e. The van der Waals surface area contributed by atoms with Gasteiger partial charge in [-0.2, -0.15) is 0 Å². The van der Waals surface area contributed by atoms with Crippen molar-refractivity contribution in [3.63, 3.8) is 0 Å². The number of nitrogens with two attached hydrogens (primary N) is 1. The number of rotatable bonds is 5. The van der Waals surface area contributed by atoms with Gasteiger partial charge < -0.3 is 15.2 Å². The Morgan fingerprint density at radius 1 is 1.33 bits per heavy atom. The molecule has 0 heterocycles. The molecule has 0 amide bonds. The lowest BCUT2D eigenvalue weighted by Crippen LogP contribution is -2.00. The molecule has 3 nitrogen and oxygen atoms in total. The Balaban J connectivity index is 3.02. The van der Waals surface area contributed by atoms with Gasteiger partial charge in [0.15, 0.2) is 0 Å². The normalized spacial score (nSPS) is 9.80. The molecule has 0 aliphatic carbocycles. The zero-order chi connectivity index (χ0) is 11.3. The van der Waals surface area contributed by atoms with Crippen LogP contribution in [0.1, 0.15) is 12.0 Å². The predicted octanol–water partition coefficient (Wildman–Crippen LogP) is 2.07. The van der Waals surface area contributed by atoms with Crippen LogP contribution in [-0.4, -0.2) is 20.8 Å². The minimum absolute atomic E-state index is 0.591. The average Bonchev–Trinajstić information content (AvgIpc) is 2.28. The molecule has 2 N–H and O–H groups in total. The van der Waals surface area contributed by atoms with Gasteiger partial charge in [-0.15, -0.1) is 0 Å². The van der Waals surface area contributed by atoms with Crippen LogP contribution in [0.25, 0.3) is 5.57 Å². The Hall–Kier alpha value is -1.48. The molecule has 82 valence electrons. The van der Waals surface area contributed by atoms with Crippen molar-refractivity contribution in [1.82, 2.24) is 0 Å². The number of ether oxygens (including phenoxy) is 2. The highest BCUT2D eigenvalue weighted by Gasteiger charge is 2.07. The molecule has 0 saturated carbocycles. The van der Waals surface area contributed by atoms with Crippen LogP contribution < -0.4 is 15.2 Å². The summed E-state index contributed by atoms with van der Waals surface area (Å²) < 4.78 is 10.4. The molecule has 0 unspecified atom stereocenters. The number of hydrogen-bond acceptors (Lipinski definition) is 3. The molecule has 3 heteroatoms. The minimum atomic E-state index is 0.591. The van der Waals surface area contributed by atoms with Crippen LogP contribution in [0, 0.1) is 0 Å². The summed E-state index contributed by atoms with van der Waals surface area (Å²) in [5.74, 6) is 1.55. The summed E-state index contributed by atoms with van der Waals surface area (Å²) in [6.45, 7) is 4.57. The summed E-state index contributed by atoms with van der Waals surface area (Å²) in [4.78, 5) is 0. The highest BCUT2D eigenvalue weighted by atomic mass is 16.5. The third-order valence-corrected chi connectivity index (χ3v) is 2.24. The molecule has 0 aromatic heterocycles. The SMILES string of the molecule is C=C(CCN)c1ccc(OC)cc1OC. The summed E-state index contributed by atoms with van der Waals surface area (Å²) in [7, 11) is 3.26. The first-order valence-electron chi connectivity index (χ1n) is 4.83. The van der Waals surface area contributed by atoms with Gasteiger partial charge in [0.25, 0.3) is 0 Å². The molecule has 1 rings (SSSR count).